The number of benzene rings is 2. The van der Waals surface area contributed by atoms with E-state index in [1.165, 1.54) is 11.3 Å². The van der Waals surface area contributed by atoms with Crippen LogP contribution in [0.1, 0.15) is 5.01 Å². The van der Waals surface area contributed by atoms with E-state index in [9.17, 15) is 4.79 Å². The lowest BCUT2D eigenvalue weighted by molar-refractivity contribution is -0.118. The predicted molar refractivity (Wildman–Crippen MR) is 105 cm³/mol. The number of anilines is 1. The van der Waals surface area contributed by atoms with E-state index in [1.807, 2.05) is 31.2 Å². The Bertz CT molecular complexity index is 1100. The Morgan fingerprint density at radius 2 is 1.73 bits per heavy atom. The van der Waals surface area contributed by atoms with Gasteiger partial charge in [-0.1, -0.05) is 23.5 Å². The monoisotopic (exact) mass is 385 g/mol. The molecule has 0 saturated carbocycles. The maximum absolute atomic E-state index is 12.2. The molecule has 0 unspecified atom stereocenters. The molecule has 2 heterocycles. The zero-order chi connectivity index (χ0) is 18.1. The number of para-hydroxylation sites is 2. The number of carbonyl (C=O) groups is 1. The topological polar surface area (TPSA) is 73.3 Å². The predicted octanol–water partition coefficient (Wildman–Crippen LogP) is 4.24. The van der Waals surface area contributed by atoms with Crippen molar-refractivity contribution in [3.05, 3.63) is 41.4 Å². The molecule has 0 aliphatic rings. The molecule has 2 aromatic carbocycles. The van der Waals surface area contributed by atoms with Crippen LogP contribution >= 0.6 is 22.7 Å². The minimum Gasteiger partial charge on any atom is -0.493 e. The molecular formula is C18H15N3O3S2. The molecule has 6 nitrogen and oxygen atoms in total. The number of nitrogens with one attached hydrogen (secondary N) is 1. The lowest BCUT2D eigenvalue weighted by Gasteiger charge is -2.09. The second kappa shape index (κ2) is 6.89. The van der Waals surface area contributed by atoms with Crippen molar-refractivity contribution in [2.45, 2.75) is 6.92 Å². The molecular weight excluding hydrogens is 370 g/mol. The van der Waals surface area contributed by atoms with Gasteiger partial charge in [0, 0.05) is 0 Å². The van der Waals surface area contributed by atoms with E-state index >= 15 is 0 Å². The average molecular weight is 385 g/mol. The van der Waals surface area contributed by atoms with Crippen LogP contribution in [0, 0.1) is 6.92 Å². The lowest BCUT2D eigenvalue weighted by atomic mass is 10.3. The first-order valence-corrected chi connectivity index (χ1v) is 9.49. The van der Waals surface area contributed by atoms with Crippen molar-refractivity contribution < 1.29 is 14.3 Å². The van der Waals surface area contributed by atoms with Crippen LogP contribution in [-0.2, 0) is 4.79 Å². The van der Waals surface area contributed by atoms with Gasteiger partial charge in [-0.15, -0.1) is 11.3 Å². The Labute approximate surface area is 157 Å². The quantitative estimate of drug-likeness (QED) is 0.556. The summed E-state index contributed by atoms with van der Waals surface area (Å²) >= 11 is 3.08. The number of amides is 1. The van der Waals surface area contributed by atoms with Crippen molar-refractivity contribution in [2.24, 2.45) is 0 Å². The summed E-state index contributed by atoms with van der Waals surface area (Å²) < 4.78 is 12.9. The van der Waals surface area contributed by atoms with Gasteiger partial charge in [-0.3, -0.25) is 10.1 Å². The normalized spacial score (nSPS) is 11.0. The van der Waals surface area contributed by atoms with Crippen molar-refractivity contribution in [3.63, 3.8) is 0 Å². The minimum atomic E-state index is -0.272. The van der Waals surface area contributed by atoms with Crippen LogP contribution in [0.3, 0.4) is 0 Å². The van der Waals surface area contributed by atoms with Crippen molar-refractivity contribution in [1.29, 1.82) is 0 Å². The fourth-order valence-corrected chi connectivity index (χ4v) is 4.60. The van der Waals surface area contributed by atoms with Crippen LogP contribution in [0.25, 0.3) is 20.4 Å². The SMILES string of the molecule is COc1ccccc1OCC(=O)Nc1nc2ccc3nc(C)sc3c2s1. The number of methoxy groups -OCH3 is 1. The van der Waals surface area contributed by atoms with Crippen LogP contribution < -0.4 is 14.8 Å². The molecule has 26 heavy (non-hydrogen) atoms. The summed E-state index contributed by atoms with van der Waals surface area (Å²) in [5.41, 5.74) is 1.81. The molecule has 4 aromatic rings. The van der Waals surface area contributed by atoms with E-state index in [2.05, 4.69) is 15.3 Å². The fraction of sp³-hybridized carbons (Fsp3) is 0.167. The minimum absolute atomic E-state index is 0.120. The fourth-order valence-electron chi connectivity index (χ4n) is 2.57. The number of carbonyl (C=O) groups excluding carboxylic acids is 1. The standard InChI is InChI=1S/C18H15N3O3S2/c1-10-19-11-7-8-12-17(16(11)25-10)26-18(20-12)21-15(22)9-24-14-6-4-3-5-13(14)23-2/h3-8H,9H2,1-2H3,(H,20,21,22). The van der Waals surface area contributed by atoms with Gasteiger partial charge in [0.15, 0.2) is 23.2 Å². The number of hydrogen-bond acceptors (Lipinski definition) is 7. The number of nitrogens with zero attached hydrogens (tertiary/aromatic N) is 2. The second-order valence-electron chi connectivity index (χ2n) is 5.50. The molecule has 1 amide bonds. The van der Waals surface area contributed by atoms with Crippen molar-refractivity contribution in [3.8, 4) is 11.5 Å². The number of aryl methyl sites for hydroxylation is 1. The largest absolute Gasteiger partial charge is 0.493 e. The molecule has 0 fully saturated rings. The van der Waals surface area contributed by atoms with Gasteiger partial charge in [-0.25, -0.2) is 9.97 Å². The Kier molecular flexibility index (Phi) is 4.44. The summed E-state index contributed by atoms with van der Waals surface area (Å²) in [5.74, 6) is 0.839. The Morgan fingerprint density at radius 3 is 2.50 bits per heavy atom. The van der Waals surface area contributed by atoms with Gasteiger partial charge in [0.1, 0.15) is 0 Å². The molecule has 4 rings (SSSR count). The highest BCUT2D eigenvalue weighted by atomic mass is 32.1. The molecule has 0 aliphatic carbocycles. The van der Waals surface area contributed by atoms with Gasteiger partial charge in [-0.05, 0) is 31.2 Å². The van der Waals surface area contributed by atoms with Gasteiger partial charge in [-0.2, -0.15) is 0 Å². The third kappa shape index (κ3) is 3.21. The molecule has 0 radical (unpaired) electrons. The van der Waals surface area contributed by atoms with Gasteiger partial charge < -0.3 is 9.47 Å². The van der Waals surface area contributed by atoms with Gasteiger partial charge in [0.25, 0.3) is 5.91 Å². The number of rotatable bonds is 5. The Balaban J connectivity index is 1.50. The zero-order valence-electron chi connectivity index (χ0n) is 14.1. The number of thiazole rings is 2. The molecule has 8 heteroatoms. The summed E-state index contributed by atoms with van der Waals surface area (Å²) in [6, 6.07) is 11.1. The smallest absolute Gasteiger partial charge is 0.264 e. The average Bonchev–Trinajstić information content (AvgIpc) is 3.22. The van der Waals surface area contributed by atoms with Crippen LogP contribution in [0.2, 0.25) is 0 Å². The van der Waals surface area contributed by atoms with E-state index < -0.39 is 0 Å². The van der Waals surface area contributed by atoms with Gasteiger partial charge in [0.2, 0.25) is 0 Å². The molecule has 132 valence electrons. The molecule has 0 spiro atoms. The molecule has 2 aromatic heterocycles. The van der Waals surface area contributed by atoms with Crippen LogP contribution in [-0.4, -0.2) is 29.6 Å². The summed E-state index contributed by atoms with van der Waals surface area (Å²) in [6.45, 7) is 1.86. The summed E-state index contributed by atoms with van der Waals surface area (Å²) in [7, 11) is 1.56. The molecule has 0 aliphatic heterocycles. The maximum atomic E-state index is 12.2. The molecule has 0 bridgehead atoms. The molecule has 0 atom stereocenters. The first-order chi connectivity index (χ1) is 12.6. The summed E-state index contributed by atoms with van der Waals surface area (Å²) in [6.07, 6.45) is 0. The maximum Gasteiger partial charge on any atom is 0.264 e. The number of ether oxygens (including phenoxy) is 2. The highest BCUT2D eigenvalue weighted by molar-refractivity contribution is 7.28. The van der Waals surface area contributed by atoms with Gasteiger partial charge >= 0.3 is 0 Å². The first kappa shape index (κ1) is 16.7. The van der Waals surface area contributed by atoms with Crippen molar-refractivity contribution in [1.82, 2.24) is 9.97 Å². The van der Waals surface area contributed by atoms with E-state index in [-0.39, 0.29) is 12.5 Å². The Morgan fingerprint density at radius 1 is 1.04 bits per heavy atom. The van der Waals surface area contributed by atoms with E-state index in [4.69, 9.17) is 9.47 Å². The number of fused-ring (bicyclic) bond motifs is 3. The molecule has 0 saturated heterocycles. The first-order valence-electron chi connectivity index (χ1n) is 7.86. The van der Waals surface area contributed by atoms with Crippen LogP contribution in [0.5, 0.6) is 11.5 Å². The van der Waals surface area contributed by atoms with E-state index in [0.29, 0.717) is 16.6 Å². The summed E-state index contributed by atoms with van der Waals surface area (Å²) in [5, 5.41) is 4.36. The van der Waals surface area contributed by atoms with E-state index in [0.717, 1.165) is 25.4 Å². The van der Waals surface area contributed by atoms with Crippen LogP contribution in [0.4, 0.5) is 5.13 Å². The Hall–Kier alpha value is -2.71. The zero-order valence-corrected chi connectivity index (χ0v) is 15.7. The lowest BCUT2D eigenvalue weighted by Crippen LogP contribution is -2.20. The second-order valence-corrected chi connectivity index (χ2v) is 7.70. The van der Waals surface area contributed by atoms with Crippen molar-refractivity contribution in [2.75, 3.05) is 19.0 Å². The molecule has 1 N–H and O–H groups in total. The van der Waals surface area contributed by atoms with Crippen LogP contribution in [0.15, 0.2) is 36.4 Å². The van der Waals surface area contributed by atoms with E-state index in [1.54, 1.807) is 30.6 Å². The van der Waals surface area contributed by atoms with Gasteiger partial charge in [0.05, 0.1) is 32.6 Å². The van der Waals surface area contributed by atoms with Crippen molar-refractivity contribution >= 4 is 54.1 Å². The summed E-state index contributed by atoms with van der Waals surface area (Å²) in [4.78, 5) is 21.2. The third-order valence-electron chi connectivity index (χ3n) is 3.69. The number of aromatic nitrogens is 2. The number of hydrogen-bond donors (Lipinski definition) is 1. The highest BCUT2D eigenvalue weighted by Gasteiger charge is 2.13. The highest BCUT2D eigenvalue weighted by Crippen LogP contribution is 2.35. The third-order valence-corrected chi connectivity index (χ3v) is 5.83.